The van der Waals surface area contributed by atoms with Gasteiger partial charge in [0.05, 0.1) is 0 Å². The minimum absolute atomic E-state index is 0.252. The van der Waals surface area contributed by atoms with Gasteiger partial charge < -0.3 is 0 Å². The third kappa shape index (κ3) is 4.31. The molecule has 0 atom stereocenters. The number of rotatable bonds is 3. The van der Waals surface area contributed by atoms with Crippen LogP contribution in [0.2, 0.25) is 0 Å². The van der Waals surface area contributed by atoms with Crippen molar-refractivity contribution in [1.82, 2.24) is 5.48 Å². The number of nitrogens with one attached hydrogen (secondary N) is 1. The third-order valence-corrected chi connectivity index (χ3v) is 1.68. The van der Waals surface area contributed by atoms with E-state index in [2.05, 4.69) is 4.84 Å². The predicted octanol–water partition coefficient (Wildman–Crippen LogP) is 2.22. The minimum atomic E-state index is -4.46. The molecule has 0 radical (unpaired) electrons. The number of hydroxylamine groups is 1. The van der Waals surface area contributed by atoms with Crippen molar-refractivity contribution in [2.24, 2.45) is 0 Å². The van der Waals surface area contributed by atoms with Crippen LogP contribution in [0.1, 0.15) is 15.9 Å². The largest absolute Gasteiger partial charge is 0.414 e. The highest BCUT2D eigenvalue weighted by Gasteiger charge is 2.28. The minimum Gasteiger partial charge on any atom is -0.267 e. The van der Waals surface area contributed by atoms with E-state index in [1.54, 1.807) is 30.6 Å². The van der Waals surface area contributed by atoms with Crippen LogP contribution in [0.25, 0.3) is 0 Å². The molecule has 0 aliphatic carbocycles. The second-order valence-electron chi connectivity index (χ2n) is 3.20. The van der Waals surface area contributed by atoms with Gasteiger partial charge in [-0.3, -0.25) is 9.63 Å². The summed E-state index contributed by atoms with van der Waals surface area (Å²) in [7, 11) is 0. The highest BCUT2D eigenvalue weighted by molar-refractivity contribution is 5.93. The maximum absolute atomic E-state index is 11.7. The summed E-state index contributed by atoms with van der Waals surface area (Å²) in [5.74, 6) is -0.701. The van der Waals surface area contributed by atoms with Crippen molar-refractivity contribution >= 4 is 5.91 Å². The second-order valence-corrected chi connectivity index (χ2v) is 3.20. The van der Waals surface area contributed by atoms with Crippen molar-refractivity contribution in [1.29, 1.82) is 0 Å². The van der Waals surface area contributed by atoms with Gasteiger partial charge in [0, 0.05) is 5.56 Å². The molecular weight excluding hydrogens is 223 g/mol. The van der Waals surface area contributed by atoms with Crippen molar-refractivity contribution in [3.8, 4) is 0 Å². The normalized spacial score (nSPS) is 11.2. The first-order valence-corrected chi connectivity index (χ1v) is 4.44. The average molecular weight is 233 g/mol. The molecule has 0 heterocycles. The molecule has 0 fully saturated rings. The number of hydrogen-bond acceptors (Lipinski definition) is 2. The lowest BCUT2D eigenvalue weighted by Crippen LogP contribution is -2.29. The third-order valence-electron chi connectivity index (χ3n) is 1.68. The zero-order chi connectivity index (χ0) is 12.2. The van der Waals surface area contributed by atoms with Gasteiger partial charge in [0.15, 0.2) is 6.61 Å². The fourth-order valence-electron chi connectivity index (χ4n) is 1.03. The first-order valence-electron chi connectivity index (χ1n) is 4.44. The number of amides is 1. The summed E-state index contributed by atoms with van der Waals surface area (Å²) < 4.78 is 35.1. The van der Waals surface area contributed by atoms with Crippen LogP contribution in [-0.4, -0.2) is 18.7 Å². The number of carbonyl (C=O) groups excluding carboxylic acids is 1. The fraction of sp³-hybridized carbons (Fsp3) is 0.300. The van der Waals surface area contributed by atoms with Crippen molar-refractivity contribution in [2.45, 2.75) is 13.1 Å². The number of alkyl halides is 3. The summed E-state index contributed by atoms with van der Waals surface area (Å²) in [6.45, 7) is 0.262. The van der Waals surface area contributed by atoms with Crippen LogP contribution in [0.5, 0.6) is 0 Å². The van der Waals surface area contributed by atoms with Crippen LogP contribution in [0.15, 0.2) is 24.3 Å². The Bertz CT molecular complexity index is 377. The summed E-state index contributed by atoms with van der Waals surface area (Å²) in [4.78, 5) is 15.3. The van der Waals surface area contributed by atoms with Crippen LogP contribution >= 0.6 is 0 Å². The summed E-state index contributed by atoms with van der Waals surface area (Å²) in [5.41, 5.74) is 2.81. The molecule has 88 valence electrons. The molecule has 0 bridgehead atoms. The molecule has 0 aromatic heterocycles. The molecule has 6 heteroatoms. The lowest BCUT2D eigenvalue weighted by molar-refractivity contribution is -0.184. The zero-order valence-electron chi connectivity index (χ0n) is 8.47. The van der Waals surface area contributed by atoms with Crippen LogP contribution in [-0.2, 0) is 4.84 Å². The maximum Gasteiger partial charge on any atom is 0.414 e. The van der Waals surface area contributed by atoms with E-state index < -0.39 is 18.7 Å². The topological polar surface area (TPSA) is 38.3 Å². The maximum atomic E-state index is 11.7. The van der Waals surface area contributed by atoms with Gasteiger partial charge in [-0.25, -0.2) is 5.48 Å². The van der Waals surface area contributed by atoms with E-state index in [1.165, 1.54) is 6.07 Å². The van der Waals surface area contributed by atoms with Crippen LogP contribution < -0.4 is 5.48 Å². The van der Waals surface area contributed by atoms with Crippen LogP contribution in [0.4, 0.5) is 13.2 Å². The molecular formula is C10H10F3NO2. The van der Waals surface area contributed by atoms with E-state index in [9.17, 15) is 18.0 Å². The number of aryl methyl sites for hydroxylation is 1. The Morgan fingerprint density at radius 1 is 1.44 bits per heavy atom. The fourth-order valence-corrected chi connectivity index (χ4v) is 1.03. The van der Waals surface area contributed by atoms with Crippen molar-refractivity contribution in [3.05, 3.63) is 35.4 Å². The summed E-state index contributed by atoms with van der Waals surface area (Å²) in [6.07, 6.45) is -4.46. The first-order chi connectivity index (χ1) is 7.38. The average Bonchev–Trinajstić information content (AvgIpc) is 2.15. The van der Waals surface area contributed by atoms with Crippen molar-refractivity contribution in [2.75, 3.05) is 6.61 Å². The lowest BCUT2D eigenvalue weighted by atomic mass is 10.1. The molecule has 1 amide bonds. The van der Waals surface area contributed by atoms with E-state index in [0.29, 0.717) is 0 Å². The monoisotopic (exact) mass is 233 g/mol. The molecule has 1 N–H and O–H groups in total. The van der Waals surface area contributed by atoms with Crippen molar-refractivity contribution in [3.63, 3.8) is 0 Å². The Kier molecular flexibility index (Phi) is 3.89. The Labute approximate surface area is 90.2 Å². The number of carbonyl (C=O) groups is 1. The zero-order valence-corrected chi connectivity index (χ0v) is 8.47. The summed E-state index contributed by atoms with van der Waals surface area (Å²) in [5, 5.41) is 0. The van der Waals surface area contributed by atoms with Gasteiger partial charge in [0.1, 0.15) is 0 Å². The smallest absolute Gasteiger partial charge is 0.267 e. The Morgan fingerprint density at radius 3 is 2.69 bits per heavy atom. The molecule has 0 aliphatic heterocycles. The molecule has 3 nitrogen and oxygen atoms in total. The van der Waals surface area contributed by atoms with E-state index in [0.717, 1.165) is 5.56 Å². The number of hydrogen-bond donors (Lipinski definition) is 1. The second kappa shape index (κ2) is 4.98. The van der Waals surface area contributed by atoms with Crippen LogP contribution in [0.3, 0.4) is 0 Å². The van der Waals surface area contributed by atoms with E-state index in [1.807, 2.05) is 0 Å². The first kappa shape index (κ1) is 12.5. The van der Waals surface area contributed by atoms with Gasteiger partial charge in [-0.1, -0.05) is 17.7 Å². The van der Waals surface area contributed by atoms with Gasteiger partial charge >= 0.3 is 6.18 Å². The van der Waals surface area contributed by atoms with Gasteiger partial charge in [-0.05, 0) is 19.1 Å². The predicted molar refractivity (Wildman–Crippen MR) is 50.7 cm³/mol. The van der Waals surface area contributed by atoms with Gasteiger partial charge in [-0.15, -0.1) is 0 Å². The molecule has 0 saturated heterocycles. The van der Waals surface area contributed by atoms with Crippen molar-refractivity contribution < 1.29 is 22.8 Å². The summed E-state index contributed by atoms with van der Waals surface area (Å²) in [6, 6.07) is 6.44. The summed E-state index contributed by atoms with van der Waals surface area (Å²) >= 11 is 0. The lowest BCUT2D eigenvalue weighted by Gasteiger charge is -2.08. The highest BCUT2D eigenvalue weighted by atomic mass is 19.4. The molecule has 0 saturated carbocycles. The number of halogens is 3. The standard InChI is InChI=1S/C10H10F3NO2/c1-7-3-2-4-8(5-7)9(15)14-16-6-10(11,12)13/h2-5H,6H2,1H3,(H,14,15). The van der Waals surface area contributed by atoms with Gasteiger partial charge in [0.25, 0.3) is 5.91 Å². The SMILES string of the molecule is Cc1cccc(C(=O)NOCC(F)(F)F)c1. The molecule has 0 aliphatic rings. The van der Waals surface area contributed by atoms with Crippen LogP contribution in [0, 0.1) is 6.92 Å². The quantitative estimate of drug-likeness (QED) is 0.813. The van der Waals surface area contributed by atoms with Gasteiger partial charge in [-0.2, -0.15) is 13.2 Å². The Morgan fingerprint density at radius 2 is 2.12 bits per heavy atom. The molecule has 0 spiro atoms. The van der Waals surface area contributed by atoms with E-state index in [4.69, 9.17) is 0 Å². The van der Waals surface area contributed by atoms with E-state index >= 15 is 0 Å². The van der Waals surface area contributed by atoms with E-state index in [-0.39, 0.29) is 5.56 Å². The molecule has 1 aromatic carbocycles. The van der Waals surface area contributed by atoms with Gasteiger partial charge in [0.2, 0.25) is 0 Å². The number of benzene rings is 1. The Hall–Kier alpha value is -1.56. The highest BCUT2D eigenvalue weighted by Crippen LogP contribution is 2.13. The molecule has 0 unspecified atom stereocenters. The molecule has 16 heavy (non-hydrogen) atoms. The Balaban J connectivity index is 2.47. The molecule has 1 aromatic rings. The molecule has 1 rings (SSSR count).